The van der Waals surface area contributed by atoms with Gasteiger partial charge in [0.25, 0.3) is 5.91 Å². The molecule has 0 spiro atoms. The normalized spacial score (nSPS) is 11.7. The molecule has 23 heavy (non-hydrogen) atoms. The molecule has 0 saturated carbocycles. The fraction of sp³-hybridized carbons (Fsp3) is 0.250. The number of rotatable bonds is 7. The number of benzene rings is 1. The summed E-state index contributed by atoms with van der Waals surface area (Å²) in [5.41, 5.74) is 0.426. The quantitative estimate of drug-likeness (QED) is 0.810. The number of carboxylic acids is 1. The molecule has 2 N–H and O–H groups in total. The van der Waals surface area contributed by atoms with Crippen molar-refractivity contribution in [1.82, 2.24) is 5.32 Å². The van der Waals surface area contributed by atoms with E-state index in [2.05, 4.69) is 5.32 Å². The predicted octanol–water partition coefficient (Wildman–Crippen LogP) is 1.99. The Morgan fingerprint density at radius 3 is 2.43 bits per heavy atom. The van der Waals surface area contributed by atoms with E-state index in [9.17, 15) is 14.7 Å². The maximum absolute atomic E-state index is 12.1. The summed E-state index contributed by atoms with van der Waals surface area (Å²) in [6.45, 7) is 0.230. The lowest BCUT2D eigenvalue weighted by Gasteiger charge is -2.14. The Hall–Kier alpha value is -2.80. The van der Waals surface area contributed by atoms with E-state index >= 15 is 0 Å². The first kappa shape index (κ1) is 16.6. The average molecular weight is 319 g/mol. The fourth-order valence-corrected chi connectivity index (χ4v) is 2.01. The number of nitrogens with one attached hydrogen (secondary N) is 1. The van der Waals surface area contributed by atoms with Crippen molar-refractivity contribution in [2.75, 3.05) is 14.2 Å². The summed E-state index contributed by atoms with van der Waals surface area (Å²) in [6.07, 6.45) is 0. The van der Waals surface area contributed by atoms with Crippen LogP contribution >= 0.6 is 0 Å². The molecule has 2 rings (SSSR count). The summed E-state index contributed by atoms with van der Waals surface area (Å²) < 4.78 is 15.2. The van der Waals surface area contributed by atoms with Crippen LogP contribution in [0.4, 0.5) is 0 Å². The fourth-order valence-electron chi connectivity index (χ4n) is 2.01. The van der Waals surface area contributed by atoms with Crippen LogP contribution < -0.4 is 10.1 Å². The molecule has 0 radical (unpaired) electrons. The Kier molecular flexibility index (Phi) is 5.37. The Bertz CT molecular complexity index is 676. The van der Waals surface area contributed by atoms with Crippen LogP contribution in [0.1, 0.15) is 27.9 Å². The van der Waals surface area contributed by atoms with Crippen LogP contribution in [-0.2, 0) is 16.1 Å². The molecular weight excluding hydrogens is 302 g/mol. The number of furan rings is 1. The van der Waals surface area contributed by atoms with E-state index in [0.717, 1.165) is 0 Å². The van der Waals surface area contributed by atoms with Crippen LogP contribution in [0.15, 0.2) is 40.8 Å². The van der Waals surface area contributed by atoms with Crippen LogP contribution in [0.2, 0.25) is 0 Å². The number of methoxy groups -OCH3 is 2. The van der Waals surface area contributed by atoms with E-state index < -0.39 is 17.9 Å². The minimum atomic E-state index is -1.19. The van der Waals surface area contributed by atoms with Gasteiger partial charge in [-0.25, -0.2) is 4.79 Å². The average Bonchev–Trinajstić information content (AvgIpc) is 3.01. The topological polar surface area (TPSA) is 98.0 Å². The van der Waals surface area contributed by atoms with Crippen molar-refractivity contribution in [3.63, 3.8) is 0 Å². The smallest absolute Gasteiger partial charge is 0.330 e. The van der Waals surface area contributed by atoms with Gasteiger partial charge in [0.2, 0.25) is 0 Å². The van der Waals surface area contributed by atoms with Gasteiger partial charge in [-0.05, 0) is 29.8 Å². The van der Waals surface area contributed by atoms with Gasteiger partial charge in [-0.3, -0.25) is 4.79 Å². The number of carbonyl (C=O) groups excluding carboxylic acids is 1. The zero-order valence-corrected chi connectivity index (χ0v) is 12.7. The van der Waals surface area contributed by atoms with Gasteiger partial charge in [-0.15, -0.1) is 0 Å². The molecule has 0 saturated heterocycles. The van der Waals surface area contributed by atoms with Gasteiger partial charge in [0.15, 0.2) is 11.8 Å². The summed E-state index contributed by atoms with van der Waals surface area (Å²) in [7, 11) is 3.02. The van der Waals surface area contributed by atoms with Gasteiger partial charge in [-0.1, -0.05) is 12.1 Å². The minimum absolute atomic E-state index is 0.0248. The SMILES string of the molecule is COCc1ccc(C(=O)NC(C(=O)O)c2ccc(OC)cc2)o1. The third kappa shape index (κ3) is 4.10. The molecular formula is C16H17NO6. The van der Waals surface area contributed by atoms with Crippen LogP contribution in [-0.4, -0.2) is 31.2 Å². The maximum atomic E-state index is 12.1. The first-order valence-corrected chi connectivity index (χ1v) is 6.80. The zero-order valence-electron chi connectivity index (χ0n) is 12.7. The summed E-state index contributed by atoms with van der Waals surface area (Å²) in [6, 6.07) is 8.29. The molecule has 1 aromatic carbocycles. The van der Waals surface area contributed by atoms with E-state index in [1.54, 1.807) is 30.3 Å². The van der Waals surface area contributed by atoms with Crippen LogP contribution in [0.25, 0.3) is 0 Å². The van der Waals surface area contributed by atoms with Crippen molar-refractivity contribution in [1.29, 1.82) is 0 Å². The standard InChI is InChI=1S/C16H17NO6/c1-21-9-12-7-8-13(23-12)15(18)17-14(16(19)20)10-3-5-11(22-2)6-4-10/h3-8,14H,9H2,1-2H3,(H,17,18)(H,19,20). The van der Waals surface area contributed by atoms with Gasteiger partial charge in [0.05, 0.1) is 7.11 Å². The maximum Gasteiger partial charge on any atom is 0.330 e. The lowest BCUT2D eigenvalue weighted by Crippen LogP contribution is -2.33. The van der Waals surface area contributed by atoms with E-state index in [1.807, 2.05) is 0 Å². The molecule has 1 unspecified atom stereocenters. The Balaban J connectivity index is 2.14. The molecule has 1 aromatic heterocycles. The second-order valence-corrected chi connectivity index (χ2v) is 4.72. The summed E-state index contributed by atoms with van der Waals surface area (Å²) in [5, 5.41) is 11.8. The van der Waals surface area contributed by atoms with Gasteiger partial charge in [0, 0.05) is 7.11 Å². The number of amides is 1. The van der Waals surface area contributed by atoms with Gasteiger partial charge < -0.3 is 24.3 Å². The molecule has 7 heteroatoms. The Morgan fingerprint density at radius 2 is 1.87 bits per heavy atom. The van der Waals surface area contributed by atoms with Crippen molar-refractivity contribution < 1.29 is 28.6 Å². The van der Waals surface area contributed by atoms with Crippen molar-refractivity contribution in [2.24, 2.45) is 0 Å². The summed E-state index contributed by atoms with van der Waals surface area (Å²) in [5.74, 6) is -0.687. The molecule has 7 nitrogen and oxygen atoms in total. The summed E-state index contributed by atoms with van der Waals surface area (Å²) in [4.78, 5) is 23.6. The monoisotopic (exact) mass is 319 g/mol. The first-order valence-electron chi connectivity index (χ1n) is 6.80. The highest BCUT2D eigenvalue weighted by atomic mass is 16.5. The number of hydrogen-bond acceptors (Lipinski definition) is 5. The molecule has 0 aliphatic rings. The molecule has 0 aliphatic carbocycles. The van der Waals surface area contributed by atoms with E-state index in [4.69, 9.17) is 13.9 Å². The molecule has 2 aromatic rings. The van der Waals surface area contributed by atoms with Gasteiger partial charge in [-0.2, -0.15) is 0 Å². The molecule has 122 valence electrons. The number of ether oxygens (including phenoxy) is 2. The highest BCUT2D eigenvalue weighted by Crippen LogP contribution is 2.19. The second kappa shape index (κ2) is 7.46. The number of carbonyl (C=O) groups is 2. The van der Waals surface area contributed by atoms with E-state index in [-0.39, 0.29) is 12.4 Å². The molecule has 1 amide bonds. The molecule has 1 atom stereocenters. The zero-order chi connectivity index (χ0) is 16.8. The van der Waals surface area contributed by atoms with Crippen molar-refractivity contribution in [3.8, 4) is 5.75 Å². The Labute approximate surface area is 132 Å². The minimum Gasteiger partial charge on any atom is -0.497 e. The van der Waals surface area contributed by atoms with Crippen molar-refractivity contribution >= 4 is 11.9 Å². The first-order chi connectivity index (χ1) is 11.0. The van der Waals surface area contributed by atoms with E-state index in [1.165, 1.54) is 20.3 Å². The third-order valence-corrected chi connectivity index (χ3v) is 3.14. The van der Waals surface area contributed by atoms with Crippen molar-refractivity contribution in [3.05, 3.63) is 53.5 Å². The van der Waals surface area contributed by atoms with Crippen LogP contribution in [0.5, 0.6) is 5.75 Å². The third-order valence-electron chi connectivity index (χ3n) is 3.14. The lowest BCUT2D eigenvalue weighted by atomic mass is 10.1. The van der Waals surface area contributed by atoms with Gasteiger partial charge >= 0.3 is 5.97 Å². The molecule has 0 fully saturated rings. The number of carboxylic acid groups (broad SMARTS) is 1. The Morgan fingerprint density at radius 1 is 1.17 bits per heavy atom. The van der Waals surface area contributed by atoms with Crippen LogP contribution in [0, 0.1) is 0 Å². The predicted molar refractivity (Wildman–Crippen MR) is 80.3 cm³/mol. The van der Waals surface area contributed by atoms with Gasteiger partial charge in [0.1, 0.15) is 18.1 Å². The second-order valence-electron chi connectivity index (χ2n) is 4.72. The largest absolute Gasteiger partial charge is 0.497 e. The molecule has 0 bridgehead atoms. The summed E-state index contributed by atoms with van der Waals surface area (Å²) >= 11 is 0. The van der Waals surface area contributed by atoms with E-state index in [0.29, 0.717) is 17.1 Å². The lowest BCUT2D eigenvalue weighted by molar-refractivity contribution is -0.139. The molecule has 0 aliphatic heterocycles. The molecule has 1 heterocycles. The highest BCUT2D eigenvalue weighted by Gasteiger charge is 2.24. The number of hydrogen-bond donors (Lipinski definition) is 2. The van der Waals surface area contributed by atoms with Crippen molar-refractivity contribution in [2.45, 2.75) is 12.6 Å². The van der Waals surface area contributed by atoms with Crippen LogP contribution in [0.3, 0.4) is 0 Å². The number of aliphatic carboxylic acids is 1. The highest BCUT2D eigenvalue weighted by molar-refractivity contribution is 5.94.